The summed E-state index contributed by atoms with van der Waals surface area (Å²) in [5, 5.41) is 22.0. The molecule has 2 aromatic carbocycles. The van der Waals surface area contributed by atoms with E-state index >= 15 is 0 Å². The monoisotopic (exact) mass is 458 g/mol. The molecule has 2 aromatic heterocycles. The number of hydrogen-bond donors (Lipinski definition) is 2. The number of carboxylic acids is 1. The van der Waals surface area contributed by atoms with Crippen molar-refractivity contribution in [3.05, 3.63) is 60.1 Å². The summed E-state index contributed by atoms with van der Waals surface area (Å²) < 4.78 is 10.3. The van der Waals surface area contributed by atoms with E-state index in [1.54, 1.807) is 6.92 Å². The number of carbonyl (C=O) groups is 2. The molecular formula is C26H24N3O5+. The predicted octanol–water partition coefficient (Wildman–Crippen LogP) is 2.82. The molecule has 6 rings (SSSR count). The molecule has 2 aliphatic rings. The molecule has 34 heavy (non-hydrogen) atoms. The number of aryl methyl sites for hydroxylation is 2. The highest BCUT2D eigenvalue weighted by atomic mass is 16.4. The van der Waals surface area contributed by atoms with Crippen LogP contribution in [0.4, 0.5) is 0 Å². The zero-order chi connectivity index (χ0) is 23.9. The van der Waals surface area contributed by atoms with Crippen molar-refractivity contribution >= 4 is 39.4 Å². The quantitative estimate of drug-likeness (QED) is 0.362. The van der Waals surface area contributed by atoms with E-state index in [9.17, 15) is 19.8 Å². The molecule has 3 atom stereocenters. The van der Waals surface area contributed by atoms with E-state index in [1.165, 1.54) is 4.90 Å². The minimum absolute atomic E-state index is 0.00116. The fourth-order valence-corrected chi connectivity index (χ4v) is 5.66. The first kappa shape index (κ1) is 20.7. The van der Waals surface area contributed by atoms with Crippen LogP contribution in [0.2, 0.25) is 0 Å². The third-order valence-electron chi connectivity index (χ3n) is 7.18. The first-order chi connectivity index (χ1) is 16.3. The molecule has 4 heterocycles. The summed E-state index contributed by atoms with van der Waals surface area (Å²) in [5.74, 6) is -1.16. The van der Waals surface area contributed by atoms with Crippen molar-refractivity contribution < 1.29 is 28.8 Å². The van der Waals surface area contributed by atoms with Crippen molar-refractivity contribution in [2.24, 2.45) is 20.0 Å². The Bertz CT molecular complexity index is 1540. The van der Waals surface area contributed by atoms with Crippen molar-refractivity contribution in [2.45, 2.75) is 25.5 Å². The summed E-state index contributed by atoms with van der Waals surface area (Å²) in [4.78, 5) is 26.4. The summed E-state index contributed by atoms with van der Waals surface area (Å²) in [6.45, 7) is 1.58. The molecule has 1 fully saturated rings. The molecule has 4 aromatic rings. The lowest BCUT2D eigenvalue weighted by Crippen LogP contribution is -2.61. The number of aromatic nitrogens is 2. The molecular weight excluding hydrogens is 434 g/mol. The molecule has 0 unspecified atom stereocenters. The number of furan rings is 1. The van der Waals surface area contributed by atoms with Crippen molar-refractivity contribution in [2.75, 3.05) is 0 Å². The molecule has 0 bridgehead atoms. The van der Waals surface area contributed by atoms with Crippen molar-refractivity contribution in [3.63, 3.8) is 0 Å². The minimum Gasteiger partial charge on any atom is -0.477 e. The van der Waals surface area contributed by atoms with Crippen LogP contribution >= 0.6 is 0 Å². The maximum atomic E-state index is 12.7. The van der Waals surface area contributed by atoms with Gasteiger partial charge in [0.2, 0.25) is 5.91 Å². The van der Waals surface area contributed by atoms with Gasteiger partial charge in [-0.2, -0.15) is 0 Å². The summed E-state index contributed by atoms with van der Waals surface area (Å²) in [7, 11) is 3.90. The molecule has 1 saturated heterocycles. The van der Waals surface area contributed by atoms with E-state index in [4.69, 9.17) is 4.42 Å². The number of fused-ring (bicyclic) bond motifs is 4. The Kier molecular flexibility index (Phi) is 4.28. The summed E-state index contributed by atoms with van der Waals surface area (Å²) in [6.07, 6.45) is 3.45. The largest absolute Gasteiger partial charge is 0.477 e. The van der Waals surface area contributed by atoms with Gasteiger partial charge in [-0.3, -0.25) is 4.79 Å². The van der Waals surface area contributed by atoms with E-state index in [0.717, 1.165) is 38.9 Å². The van der Waals surface area contributed by atoms with Gasteiger partial charge in [-0.1, -0.05) is 18.2 Å². The highest BCUT2D eigenvalue weighted by Crippen LogP contribution is 2.48. The number of aliphatic hydroxyl groups excluding tert-OH is 1. The number of amides is 1. The fraction of sp³-hybridized carbons (Fsp3) is 0.269. The predicted molar refractivity (Wildman–Crippen MR) is 124 cm³/mol. The smallest absolute Gasteiger partial charge is 0.352 e. The average Bonchev–Trinajstić information content (AvgIpc) is 3.44. The molecule has 8 nitrogen and oxygen atoms in total. The van der Waals surface area contributed by atoms with Crippen LogP contribution < -0.4 is 4.57 Å². The lowest BCUT2D eigenvalue weighted by atomic mass is 9.82. The number of carbonyl (C=O) groups excluding carboxylic acids is 1. The Balaban J connectivity index is 1.64. The van der Waals surface area contributed by atoms with Gasteiger partial charge in [0.25, 0.3) is 5.82 Å². The normalized spacial score (nSPS) is 20.8. The number of aliphatic carboxylic acids is 1. The highest BCUT2D eigenvalue weighted by Gasteiger charge is 2.56. The second-order valence-corrected chi connectivity index (χ2v) is 9.22. The van der Waals surface area contributed by atoms with E-state index in [1.807, 2.05) is 72.0 Å². The second kappa shape index (κ2) is 7.04. The van der Waals surface area contributed by atoms with Crippen LogP contribution in [0.1, 0.15) is 18.9 Å². The van der Waals surface area contributed by atoms with Crippen LogP contribution in [0.15, 0.2) is 58.9 Å². The number of para-hydroxylation sites is 1. The van der Waals surface area contributed by atoms with Gasteiger partial charge in [-0.15, -0.1) is 0 Å². The van der Waals surface area contributed by atoms with Gasteiger partial charge in [0, 0.05) is 10.8 Å². The molecule has 1 amide bonds. The van der Waals surface area contributed by atoms with Crippen LogP contribution in [0.3, 0.4) is 0 Å². The third kappa shape index (κ3) is 2.66. The standard InChI is InChI=1S/C26H23N3O5/c1-13(30)21-19-12-16(22(26(32)33)29(19)25(21)31)14-10-17-15-6-4-5-7-20(15)34-23(17)18(11-14)24-27(2)8-9-28(24)3/h4-11,13,19,21,30H,12H2,1-3H3/p+1/t13-,19-,21-/m1/s1. The third-order valence-corrected chi connectivity index (χ3v) is 7.18. The SMILES string of the molecule is C[C@@H](O)[C@H]1C(=O)N2C(C(=O)O)=C(c3cc(-c4n(C)cc[n+]4C)c4oc5ccccc5c4c3)C[C@H]12. The minimum atomic E-state index is -1.14. The average molecular weight is 458 g/mol. The topological polar surface area (TPSA) is 99.8 Å². The number of benzene rings is 2. The Morgan fingerprint density at radius 3 is 2.68 bits per heavy atom. The van der Waals surface area contributed by atoms with Crippen LogP contribution in [0, 0.1) is 5.92 Å². The zero-order valence-corrected chi connectivity index (χ0v) is 19.0. The van der Waals surface area contributed by atoms with Crippen molar-refractivity contribution in [1.29, 1.82) is 0 Å². The van der Waals surface area contributed by atoms with E-state index in [2.05, 4.69) is 0 Å². The van der Waals surface area contributed by atoms with E-state index in [-0.39, 0.29) is 17.6 Å². The first-order valence-corrected chi connectivity index (χ1v) is 11.2. The lowest BCUT2D eigenvalue weighted by Gasteiger charge is -2.44. The van der Waals surface area contributed by atoms with Crippen LogP contribution in [0.25, 0.3) is 38.9 Å². The Morgan fingerprint density at radius 2 is 2.00 bits per heavy atom. The molecule has 0 spiro atoms. The number of β-lactam (4-membered cyclic amide) rings is 1. The fourth-order valence-electron chi connectivity index (χ4n) is 5.66. The van der Waals surface area contributed by atoms with Gasteiger partial charge in [-0.05, 0) is 42.7 Å². The van der Waals surface area contributed by atoms with Crippen LogP contribution in [0.5, 0.6) is 0 Å². The van der Waals surface area contributed by atoms with Gasteiger partial charge in [0.05, 0.1) is 32.2 Å². The van der Waals surface area contributed by atoms with E-state index in [0.29, 0.717) is 12.0 Å². The highest BCUT2D eigenvalue weighted by molar-refractivity contribution is 6.12. The van der Waals surface area contributed by atoms with Gasteiger partial charge in [0.15, 0.2) is 5.58 Å². The number of aliphatic hydroxyl groups is 1. The van der Waals surface area contributed by atoms with Crippen molar-refractivity contribution in [3.8, 4) is 11.4 Å². The Labute approximate surface area is 194 Å². The number of nitrogens with zero attached hydrogens (tertiary/aromatic N) is 3. The van der Waals surface area contributed by atoms with Crippen molar-refractivity contribution in [1.82, 2.24) is 9.47 Å². The van der Waals surface area contributed by atoms with Gasteiger partial charge in [-0.25, -0.2) is 13.9 Å². The Morgan fingerprint density at radius 1 is 1.24 bits per heavy atom. The zero-order valence-electron chi connectivity index (χ0n) is 19.0. The molecule has 2 aliphatic heterocycles. The molecule has 2 N–H and O–H groups in total. The summed E-state index contributed by atoms with van der Waals surface area (Å²) in [5.41, 5.74) is 3.64. The van der Waals surface area contributed by atoms with Gasteiger partial charge in [0.1, 0.15) is 29.2 Å². The maximum Gasteiger partial charge on any atom is 0.352 e. The second-order valence-electron chi connectivity index (χ2n) is 9.22. The van der Waals surface area contributed by atoms with Gasteiger partial charge < -0.3 is 19.5 Å². The molecule has 0 aliphatic carbocycles. The molecule has 0 radical (unpaired) electrons. The van der Waals surface area contributed by atoms with Crippen LogP contribution in [-0.2, 0) is 23.7 Å². The first-order valence-electron chi connectivity index (χ1n) is 11.2. The molecule has 8 heteroatoms. The number of carboxylic acid groups (broad SMARTS) is 1. The Hall–Kier alpha value is -3.91. The summed E-state index contributed by atoms with van der Waals surface area (Å²) >= 11 is 0. The van der Waals surface area contributed by atoms with Gasteiger partial charge >= 0.3 is 5.97 Å². The molecule has 0 saturated carbocycles. The maximum absolute atomic E-state index is 12.7. The van der Waals surface area contributed by atoms with Crippen LogP contribution in [-0.4, -0.2) is 43.7 Å². The van der Waals surface area contributed by atoms with E-state index < -0.39 is 18.0 Å². The lowest BCUT2D eigenvalue weighted by molar-refractivity contribution is -0.659. The number of rotatable bonds is 4. The number of hydrogen-bond acceptors (Lipinski definition) is 4. The molecule has 172 valence electrons. The number of imidazole rings is 1. The summed E-state index contributed by atoms with van der Waals surface area (Å²) in [6, 6.07) is 11.3.